The SMILES string of the molecule is CCCC=CC(=O)Oc1ccc(-c2ccc(-c3ccc(OC(=O)C=CCCC)cc3)s2)cc1. The molecular formula is C28H28O4S. The second-order valence-corrected chi connectivity index (χ2v) is 8.52. The molecule has 0 saturated heterocycles. The Morgan fingerprint density at radius 3 is 1.42 bits per heavy atom. The molecular weight excluding hydrogens is 432 g/mol. The molecule has 0 N–H and O–H groups in total. The smallest absolute Gasteiger partial charge is 0.335 e. The van der Waals surface area contributed by atoms with E-state index < -0.39 is 0 Å². The first kappa shape index (κ1) is 24.2. The molecule has 170 valence electrons. The molecule has 0 unspecified atom stereocenters. The molecule has 1 aromatic heterocycles. The molecule has 0 amide bonds. The summed E-state index contributed by atoms with van der Waals surface area (Å²) < 4.78 is 10.7. The summed E-state index contributed by atoms with van der Waals surface area (Å²) in [7, 11) is 0. The van der Waals surface area contributed by atoms with Gasteiger partial charge in [0.1, 0.15) is 11.5 Å². The van der Waals surface area contributed by atoms with Crippen LogP contribution in [0.2, 0.25) is 0 Å². The number of thiophene rings is 1. The Balaban J connectivity index is 1.61. The van der Waals surface area contributed by atoms with Crippen molar-refractivity contribution in [1.29, 1.82) is 0 Å². The Labute approximate surface area is 199 Å². The normalized spacial score (nSPS) is 11.2. The zero-order valence-electron chi connectivity index (χ0n) is 19.0. The summed E-state index contributed by atoms with van der Waals surface area (Å²) in [6.45, 7) is 4.12. The second-order valence-electron chi connectivity index (χ2n) is 7.44. The summed E-state index contributed by atoms with van der Waals surface area (Å²) in [6, 6.07) is 19.1. The topological polar surface area (TPSA) is 52.6 Å². The van der Waals surface area contributed by atoms with E-state index in [1.165, 1.54) is 12.2 Å². The van der Waals surface area contributed by atoms with E-state index in [0.29, 0.717) is 11.5 Å². The molecule has 4 nitrogen and oxygen atoms in total. The summed E-state index contributed by atoms with van der Waals surface area (Å²) in [5.74, 6) is 0.328. The van der Waals surface area contributed by atoms with Crippen molar-refractivity contribution in [3.05, 3.63) is 85.0 Å². The van der Waals surface area contributed by atoms with Crippen LogP contribution >= 0.6 is 11.3 Å². The number of esters is 2. The number of ether oxygens (including phenoxy) is 2. The van der Waals surface area contributed by atoms with Crippen molar-refractivity contribution in [3.8, 4) is 32.4 Å². The minimum absolute atomic E-state index is 0.360. The molecule has 0 aliphatic rings. The van der Waals surface area contributed by atoms with E-state index in [1.807, 2.05) is 36.4 Å². The molecule has 2 aromatic carbocycles. The third-order valence-corrected chi connectivity index (χ3v) is 5.92. The van der Waals surface area contributed by atoms with Crippen molar-refractivity contribution in [1.82, 2.24) is 0 Å². The minimum Gasteiger partial charge on any atom is -0.423 e. The molecule has 3 aromatic rings. The number of rotatable bonds is 10. The van der Waals surface area contributed by atoms with Gasteiger partial charge in [-0.15, -0.1) is 11.3 Å². The predicted molar refractivity (Wildman–Crippen MR) is 135 cm³/mol. The maximum absolute atomic E-state index is 11.8. The number of allylic oxidation sites excluding steroid dienone is 2. The highest BCUT2D eigenvalue weighted by atomic mass is 32.1. The first-order valence-electron chi connectivity index (χ1n) is 11.2. The number of benzene rings is 2. The molecule has 33 heavy (non-hydrogen) atoms. The quantitative estimate of drug-likeness (QED) is 0.177. The first-order chi connectivity index (χ1) is 16.1. The monoisotopic (exact) mass is 460 g/mol. The second kappa shape index (κ2) is 12.6. The molecule has 3 rings (SSSR count). The van der Waals surface area contributed by atoms with Crippen molar-refractivity contribution in [2.45, 2.75) is 39.5 Å². The predicted octanol–water partition coefficient (Wildman–Crippen LogP) is 7.61. The average molecular weight is 461 g/mol. The van der Waals surface area contributed by atoms with Crippen molar-refractivity contribution in [2.75, 3.05) is 0 Å². The zero-order chi connectivity index (χ0) is 23.5. The van der Waals surface area contributed by atoms with Crippen LogP contribution in [0.1, 0.15) is 39.5 Å². The van der Waals surface area contributed by atoms with Crippen LogP contribution in [0.4, 0.5) is 0 Å². The number of carbonyl (C=O) groups excluding carboxylic acids is 2. The van der Waals surface area contributed by atoms with Gasteiger partial charge in [0.2, 0.25) is 0 Å². The van der Waals surface area contributed by atoms with Gasteiger partial charge in [0, 0.05) is 21.9 Å². The molecule has 0 bridgehead atoms. The lowest BCUT2D eigenvalue weighted by atomic mass is 10.1. The van der Waals surface area contributed by atoms with Crippen LogP contribution in [0.25, 0.3) is 20.9 Å². The lowest BCUT2D eigenvalue weighted by Gasteiger charge is -2.04. The van der Waals surface area contributed by atoms with Crippen LogP contribution in [0, 0.1) is 0 Å². The molecule has 0 atom stereocenters. The van der Waals surface area contributed by atoms with Crippen LogP contribution in [-0.2, 0) is 9.59 Å². The summed E-state index contributed by atoms with van der Waals surface area (Å²) >= 11 is 1.67. The van der Waals surface area contributed by atoms with E-state index in [-0.39, 0.29) is 11.9 Å². The largest absolute Gasteiger partial charge is 0.423 e. The van der Waals surface area contributed by atoms with E-state index in [9.17, 15) is 9.59 Å². The van der Waals surface area contributed by atoms with Gasteiger partial charge >= 0.3 is 11.9 Å². The van der Waals surface area contributed by atoms with E-state index >= 15 is 0 Å². The summed E-state index contributed by atoms with van der Waals surface area (Å²) in [5, 5.41) is 0. The summed E-state index contributed by atoms with van der Waals surface area (Å²) in [4.78, 5) is 25.8. The summed E-state index contributed by atoms with van der Waals surface area (Å²) in [6.07, 6.45) is 10.3. The van der Waals surface area contributed by atoms with Crippen molar-refractivity contribution in [3.63, 3.8) is 0 Å². The fourth-order valence-electron chi connectivity index (χ4n) is 3.02. The Hall–Kier alpha value is -3.44. The van der Waals surface area contributed by atoms with Gasteiger partial charge in [-0.3, -0.25) is 0 Å². The van der Waals surface area contributed by atoms with Gasteiger partial charge < -0.3 is 9.47 Å². The van der Waals surface area contributed by atoms with E-state index in [4.69, 9.17) is 9.47 Å². The van der Waals surface area contributed by atoms with Crippen molar-refractivity contribution < 1.29 is 19.1 Å². The minimum atomic E-state index is -0.360. The fourth-order valence-corrected chi connectivity index (χ4v) is 4.03. The highest BCUT2D eigenvalue weighted by Gasteiger charge is 2.08. The lowest BCUT2D eigenvalue weighted by Crippen LogP contribution is -2.03. The standard InChI is InChI=1S/C28H28O4S/c1-3-5-7-9-27(29)31-23-15-11-21(12-16-23)25-19-20-26(33-25)22-13-17-24(18-14-22)32-28(30)10-8-6-4-2/h7-20H,3-6H2,1-2H3. The van der Waals surface area contributed by atoms with Crippen LogP contribution in [-0.4, -0.2) is 11.9 Å². The Morgan fingerprint density at radius 1 is 0.667 bits per heavy atom. The molecule has 0 fully saturated rings. The Bertz CT molecular complexity index is 1020. The highest BCUT2D eigenvalue weighted by Crippen LogP contribution is 2.35. The number of carbonyl (C=O) groups is 2. The molecule has 0 aliphatic carbocycles. The lowest BCUT2D eigenvalue weighted by molar-refractivity contribution is -0.129. The third kappa shape index (κ3) is 7.58. The number of hydrogen-bond donors (Lipinski definition) is 0. The molecule has 1 heterocycles. The molecule has 5 heteroatoms. The Kier molecular flexibility index (Phi) is 9.21. The first-order valence-corrected chi connectivity index (χ1v) is 12.0. The number of unbranched alkanes of at least 4 members (excludes halogenated alkanes) is 2. The van der Waals surface area contributed by atoms with Gasteiger partial charge in [0.25, 0.3) is 0 Å². The van der Waals surface area contributed by atoms with Gasteiger partial charge in [-0.25, -0.2) is 9.59 Å². The molecule has 0 spiro atoms. The third-order valence-electron chi connectivity index (χ3n) is 4.74. The van der Waals surface area contributed by atoms with Gasteiger partial charge in [-0.1, -0.05) is 38.8 Å². The Morgan fingerprint density at radius 2 is 1.06 bits per heavy atom. The van der Waals surface area contributed by atoms with Crippen molar-refractivity contribution >= 4 is 23.3 Å². The zero-order valence-corrected chi connectivity index (χ0v) is 19.8. The summed E-state index contributed by atoms with van der Waals surface area (Å²) in [5.41, 5.74) is 2.11. The van der Waals surface area contributed by atoms with Crippen LogP contribution in [0.15, 0.2) is 85.0 Å². The molecule has 0 saturated carbocycles. The maximum Gasteiger partial charge on any atom is 0.335 e. The van der Waals surface area contributed by atoms with Crippen LogP contribution < -0.4 is 9.47 Å². The van der Waals surface area contributed by atoms with Crippen molar-refractivity contribution in [2.24, 2.45) is 0 Å². The average Bonchev–Trinajstić information content (AvgIpc) is 3.31. The van der Waals surface area contributed by atoms with Crippen LogP contribution in [0.3, 0.4) is 0 Å². The fraction of sp³-hybridized carbons (Fsp3) is 0.214. The number of hydrogen-bond acceptors (Lipinski definition) is 5. The van der Waals surface area contributed by atoms with Gasteiger partial charge in [-0.05, 0) is 84.6 Å². The van der Waals surface area contributed by atoms with E-state index in [2.05, 4.69) is 26.0 Å². The van der Waals surface area contributed by atoms with Crippen LogP contribution in [0.5, 0.6) is 11.5 Å². The molecule has 0 aliphatic heterocycles. The van der Waals surface area contributed by atoms with E-state index in [1.54, 1.807) is 35.6 Å². The molecule has 0 radical (unpaired) electrons. The van der Waals surface area contributed by atoms with Gasteiger partial charge in [-0.2, -0.15) is 0 Å². The van der Waals surface area contributed by atoms with E-state index in [0.717, 1.165) is 46.6 Å². The maximum atomic E-state index is 11.8. The van der Waals surface area contributed by atoms with Gasteiger partial charge in [0.05, 0.1) is 0 Å². The van der Waals surface area contributed by atoms with Gasteiger partial charge in [0.15, 0.2) is 0 Å². The highest BCUT2D eigenvalue weighted by molar-refractivity contribution is 7.18.